The van der Waals surface area contributed by atoms with Crippen LogP contribution in [0.5, 0.6) is 0 Å². The molecule has 0 atom stereocenters. The molecule has 3 aromatic carbocycles. The summed E-state index contributed by atoms with van der Waals surface area (Å²) in [5.74, 6) is -2.36. The van der Waals surface area contributed by atoms with E-state index in [2.05, 4.69) is 25.3 Å². The van der Waals surface area contributed by atoms with Crippen LogP contribution in [0.1, 0.15) is 10.4 Å². The highest BCUT2D eigenvalue weighted by Gasteiger charge is 2.23. The molecule has 0 unspecified atom stereocenters. The molecule has 0 spiro atoms. The van der Waals surface area contributed by atoms with Gasteiger partial charge in [0.1, 0.15) is 11.6 Å². The highest BCUT2D eigenvalue weighted by molar-refractivity contribution is 7.91. The monoisotopic (exact) mass is 600 g/mol. The number of aromatic amines is 1. The van der Waals surface area contributed by atoms with Gasteiger partial charge in [0, 0.05) is 58.0 Å². The van der Waals surface area contributed by atoms with Gasteiger partial charge in [-0.2, -0.15) is 5.10 Å². The van der Waals surface area contributed by atoms with Crippen molar-refractivity contribution in [1.29, 1.82) is 0 Å². The molecule has 42 heavy (non-hydrogen) atoms. The Balaban J connectivity index is 1.67. The van der Waals surface area contributed by atoms with Crippen molar-refractivity contribution in [2.75, 3.05) is 76.7 Å². The fourth-order valence-corrected chi connectivity index (χ4v) is 5.67. The molecule has 0 saturated heterocycles. The first-order valence-electron chi connectivity index (χ1n) is 13.1. The summed E-state index contributed by atoms with van der Waals surface area (Å²) in [4.78, 5) is 19.0. The molecular weight excluding hydrogens is 566 g/mol. The molecule has 1 heterocycles. The first-order valence-corrected chi connectivity index (χ1v) is 14.6. The highest BCUT2D eigenvalue weighted by atomic mass is 32.2. The molecule has 0 fully saturated rings. The van der Waals surface area contributed by atoms with Crippen LogP contribution in [-0.2, 0) is 14.6 Å². The number of likely N-dealkylation sites (N-methyl/N-ethyl adjacent to an activating group) is 3. The minimum Gasteiger partial charge on any atom is -0.383 e. The number of amides is 1. The molecule has 0 aliphatic rings. The van der Waals surface area contributed by atoms with Gasteiger partial charge < -0.3 is 24.8 Å². The average molecular weight is 601 g/mol. The Morgan fingerprint density at radius 3 is 2.29 bits per heavy atom. The first-order chi connectivity index (χ1) is 19.9. The minimum atomic E-state index is -4.26. The quantitative estimate of drug-likeness (QED) is 0.251. The predicted molar refractivity (Wildman–Crippen MR) is 159 cm³/mol. The maximum absolute atomic E-state index is 13.8. The van der Waals surface area contributed by atoms with Crippen molar-refractivity contribution in [2.24, 2.45) is 0 Å². The maximum Gasteiger partial charge on any atom is 0.258 e. The predicted octanol–water partition coefficient (Wildman–Crippen LogP) is 4.01. The van der Waals surface area contributed by atoms with Crippen molar-refractivity contribution in [3.8, 4) is 0 Å². The number of ether oxygens (including phenoxy) is 1. The molecule has 4 aromatic rings. The van der Waals surface area contributed by atoms with Crippen molar-refractivity contribution >= 4 is 43.8 Å². The number of hydrogen-bond donors (Lipinski definition) is 2. The van der Waals surface area contributed by atoms with Crippen LogP contribution in [-0.4, -0.2) is 91.0 Å². The number of halogens is 2. The molecule has 2 N–H and O–H groups in total. The number of sulfone groups is 1. The SMILES string of the molecule is COCCN(C)c1cc(N(C)CCN(C)C)ccc1C(=O)Nc1n[nH]c2ccc(S(=O)(=O)c3cc(F)cc(F)c3)cc12. The summed E-state index contributed by atoms with van der Waals surface area (Å²) in [6.07, 6.45) is 0. The molecular formula is C29H34F2N6O4S. The van der Waals surface area contributed by atoms with E-state index in [0.29, 0.717) is 41.4 Å². The summed E-state index contributed by atoms with van der Waals surface area (Å²) in [7, 11) is 5.20. The Labute approximate surface area is 243 Å². The zero-order chi connectivity index (χ0) is 30.6. The van der Waals surface area contributed by atoms with Crippen LogP contribution in [0, 0.1) is 11.6 Å². The van der Waals surface area contributed by atoms with E-state index >= 15 is 0 Å². The molecule has 13 heteroatoms. The molecule has 4 rings (SSSR count). The third kappa shape index (κ3) is 6.86. The summed E-state index contributed by atoms with van der Waals surface area (Å²) in [6.45, 7) is 2.63. The van der Waals surface area contributed by atoms with Gasteiger partial charge in [-0.25, -0.2) is 17.2 Å². The fourth-order valence-electron chi connectivity index (χ4n) is 4.34. The van der Waals surface area contributed by atoms with Crippen molar-refractivity contribution in [2.45, 2.75) is 9.79 Å². The first kappa shape index (κ1) is 30.9. The zero-order valence-corrected chi connectivity index (χ0v) is 24.9. The standard InChI is InChI=1S/C29H34F2N6O4S/c1-35(2)10-11-36(3)21-6-8-24(27(17-21)37(4)12-13-41-5)29(38)32-28-25-18-22(7-9-26(25)33-34-28)42(39,40)23-15-19(30)14-20(31)16-23/h6-9,14-18H,10-13H2,1-5H3,(H2,32,33,34,38). The smallest absolute Gasteiger partial charge is 0.258 e. The molecule has 0 aliphatic heterocycles. The Morgan fingerprint density at radius 2 is 1.62 bits per heavy atom. The number of H-pyrrole nitrogens is 1. The Kier molecular flexibility index (Phi) is 9.44. The normalized spacial score (nSPS) is 11.7. The van der Waals surface area contributed by atoms with Crippen molar-refractivity contribution in [3.63, 3.8) is 0 Å². The molecule has 0 saturated carbocycles. The summed E-state index contributed by atoms with van der Waals surface area (Å²) in [6, 6.07) is 11.7. The molecule has 1 amide bonds. The summed E-state index contributed by atoms with van der Waals surface area (Å²) in [5.41, 5.74) is 2.45. The second-order valence-electron chi connectivity index (χ2n) is 10.2. The van der Waals surface area contributed by atoms with Gasteiger partial charge in [0.25, 0.3) is 5.91 Å². The largest absolute Gasteiger partial charge is 0.383 e. The average Bonchev–Trinajstić information content (AvgIpc) is 3.35. The molecule has 0 radical (unpaired) electrons. The van der Waals surface area contributed by atoms with E-state index in [-0.39, 0.29) is 10.7 Å². The highest BCUT2D eigenvalue weighted by Crippen LogP contribution is 2.30. The van der Waals surface area contributed by atoms with E-state index in [0.717, 1.165) is 30.9 Å². The molecule has 1 aromatic heterocycles. The van der Waals surface area contributed by atoms with Gasteiger partial charge in [-0.3, -0.25) is 9.89 Å². The van der Waals surface area contributed by atoms with E-state index in [9.17, 15) is 22.0 Å². The number of anilines is 3. The number of aromatic nitrogens is 2. The van der Waals surface area contributed by atoms with Gasteiger partial charge in [0.2, 0.25) is 9.84 Å². The lowest BCUT2D eigenvalue weighted by atomic mass is 10.1. The Bertz CT molecular complexity index is 1670. The van der Waals surface area contributed by atoms with Gasteiger partial charge in [0.15, 0.2) is 5.82 Å². The van der Waals surface area contributed by atoms with E-state index in [1.54, 1.807) is 13.2 Å². The lowest BCUT2D eigenvalue weighted by Crippen LogP contribution is -2.29. The van der Waals surface area contributed by atoms with E-state index in [4.69, 9.17) is 4.74 Å². The van der Waals surface area contributed by atoms with Gasteiger partial charge in [-0.15, -0.1) is 0 Å². The molecule has 10 nitrogen and oxygen atoms in total. The van der Waals surface area contributed by atoms with Crippen molar-refractivity contribution < 1.29 is 26.7 Å². The fraction of sp³-hybridized carbons (Fsp3) is 0.310. The molecule has 224 valence electrons. The van der Waals surface area contributed by atoms with Crippen molar-refractivity contribution in [1.82, 2.24) is 15.1 Å². The van der Waals surface area contributed by atoms with Gasteiger partial charge in [-0.1, -0.05) is 0 Å². The van der Waals surface area contributed by atoms with Crippen LogP contribution < -0.4 is 15.1 Å². The number of carbonyl (C=O) groups excluding carboxylic acids is 1. The number of nitrogens with one attached hydrogen (secondary N) is 2. The van der Waals surface area contributed by atoms with Gasteiger partial charge in [-0.05, 0) is 62.6 Å². The third-order valence-corrected chi connectivity index (χ3v) is 8.55. The van der Waals surface area contributed by atoms with Crippen LogP contribution in [0.2, 0.25) is 0 Å². The number of rotatable bonds is 12. The van der Waals surface area contributed by atoms with E-state index < -0.39 is 32.3 Å². The number of carbonyl (C=O) groups is 1. The lowest BCUT2D eigenvalue weighted by Gasteiger charge is -2.26. The molecule has 0 bridgehead atoms. The number of fused-ring (bicyclic) bond motifs is 1. The summed E-state index contributed by atoms with van der Waals surface area (Å²) < 4.78 is 59.1. The molecule has 0 aliphatic carbocycles. The zero-order valence-electron chi connectivity index (χ0n) is 24.1. The van der Waals surface area contributed by atoms with Crippen LogP contribution in [0.3, 0.4) is 0 Å². The number of nitrogens with zero attached hydrogens (tertiary/aromatic N) is 4. The maximum atomic E-state index is 13.8. The Morgan fingerprint density at radius 1 is 0.905 bits per heavy atom. The van der Waals surface area contributed by atoms with Gasteiger partial charge in [0.05, 0.1) is 33.2 Å². The van der Waals surface area contributed by atoms with E-state index in [1.807, 2.05) is 45.2 Å². The minimum absolute atomic E-state index is 0.107. The number of methoxy groups -OCH3 is 1. The summed E-state index contributed by atoms with van der Waals surface area (Å²) in [5, 5.41) is 10.1. The van der Waals surface area contributed by atoms with Crippen LogP contribution in [0.4, 0.5) is 26.0 Å². The van der Waals surface area contributed by atoms with Crippen LogP contribution in [0.25, 0.3) is 10.9 Å². The second kappa shape index (κ2) is 12.8. The third-order valence-electron chi connectivity index (χ3n) is 6.81. The number of benzene rings is 3. The van der Waals surface area contributed by atoms with E-state index in [1.165, 1.54) is 18.2 Å². The van der Waals surface area contributed by atoms with Crippen LogP contribution in [0.15, 0.2) is 64.4 Å². The Hall–Kier alpha value is -4.07. The van der Waals surface area contributed by atoms with Crippen LogP contribution >= 0.6 is 0 Å². The lowest BCUT2D eigenvalue weighted by molar-refractivity contribution is 0.102. The van der Waals surface area contributed by atoms with Gasteiger partial charge >= 0.3 is 0 Å². The number of hydrogen-bond acceptors (Lipinski definition) is 8. The second-order valence-corrected chi connectivity index (χ2v) is 12.1. The van der Waals surface area contributed by atoms with Crippen molar-refractivity contribution in [3.05, 3.63) is 71.8 Å². The topological polar surface area (TPSA) is 111 Å². The summed E-state index contributed by atoms with van der Waals surface area (Å²) >= 11 is 0.